The number of ketones is 1. The molecule has 70 valence electrons. The Morgan fingerprint density at radius 3 is 2.75 bits per heavy atom. The fourth-order valence-electron chi connectivity index (χ4n) is 0.880. The van der Waals surface area contributed by atoms with E-state index in [2.05, 4.69) is 0 Å². The van der Waals surface area contributed by atoms with Crippen LogP contribution in [-0.4, -0.2) is 31.7 Å². The lowest BCUT2D eigenvalue weighted by Crippen LogP contribution is -2.37. The van der Waals surface area contributed by atoms with Crippen molar-refractivity contribution in [1.82, 2.24) is 0 Å². The summed E-state index contributed by atoms with van der Waals surface area (Å²) in [5.41, 5.74) is 0. The molecule has 0 spiro atoms. The van der Waals surface area contributed by atoms with Crippen molar-refractivity contribution in [3.05, 3.63) is 0 Å². The monoisotopic (exact) mass is 172 g/mol. The van der Waals surface area contributed by atoms with Crippen molar-refractivity contribution in [3.8, 4) is 0 Å². The normalized spacial score (nSPS) is 20.2. The Bertz CT molecular complexity index is 152. The number of carbonyl (C=O) groups is 1. The number of rotatable bonds is 5. The molecule has 0 saturated carbocycles. The molecule has 1 aliphatic rings. The zero-order valence-corrected chi connectivity index (χ0v) is 7.71. The molecule has 1 unspecified atom stereocenters. The van der Waals surface area contributed by atoms with Crippen molar-refractivity contribution in [2.75, 3.05) is 19.8 Å². The van der Waals surface area contributed by atoms with Gasteiger partial charge in [-0.25, -0.2) is 0 Å². The highest BCUT2D eigenvalue weighted by atomic mass is 16.6. The van der Waals surface area contributed by atoms with E-state index in [9.17, 15) is 4.79 Å². The molecule has 12 heavy (non-hydrogen) atoms. The van der Waals surface area contributed by atoms with Crippen LogP contribution < -0.4 is 0 Å². The minimum absolute atomic E-state index is 0.131. The molecule has 0 aliphatic carbocycles. The zero-order valence-electron chi connectivity index (χ0n) is 7.71. The first-order chi connectivity index (χ1) is 5.74. The van der Waals surface area contributed by atoms with Gasteiger partial charge in [-0.1, -0.05) is 13.8 Å². The Balaban J connectivity index is 2.08. The molecule has 0 aromatic rings. The Hall–Kier alpha value is -0.410. The van der Waals surface area contributed by atoms with Crippen molar-refractivity contribution >= 4 is 5.78 Å². The van der Waals surface area contributed by atoms with Crippen LogP contribution in [0.2, 0.25) is 0 Å². The van der Waals surface area contributed by atoms with Crippen molar-refractivity contribution < 1.29 is 14.3 Å². The minimum atomic E-state index is 0.131. The highest BCUT2D eigenvalue weighted by Crippen LogP contribution is 2.07. The maximum atomic E-state index is 11.3. The number of hydrogen-bond donors (Lipinski definition) is 0. The number of hydrogen-bond acceptors (Lipinski definition) is 3. The Morgan fingerprint density at radius 1 is 1.67 bits per heavy atom. The highest BCUT2D eigenvalue weighted by molar-refractivity contribution is 5.81. The van der Waals surface area contributed by atoms with E-state index in [1.54, 1.807) is 0 Å². The standard InChI is InChI=1S/C9H16O3/c1-3-7(2)9(10)6-12-8-4-11-5-8/h7-8H,3-6H2,1-2H3. The van der Waals surface area contributed by atoms with Crippen LogP contribution in [0.15, 0.2) is 0 Å². The quantitative estimate of drug-likeness (QED) is 0.621. The maximum Gasteiger partial charge on any atom is 0.161 e. The molecule has 0 aromatic heterocycles. The Morgan fingerprint density at radius 2 is 2.33 bits per heavy atom. The Labute approximate surface area is 73.0 Å². The second-order valence-corrected chi connectivity index (χ2v) is 3.25. The van der Waals surface area contributed by atoms with Gasteiger partial charge in [0, 0.05) is 5.92 Å². The fourth-order valence-corrected chi connectivity index (χ4v) is 0.880. The van der Waals surface area contributed by atoms with Gasteiger partial charge >= 0.3 is 0 Å². The molecule has 1 atom stereocenters. The summed E-state index contributed by atoms with van der Waals surface area (Å²) in [5.74, 6) is 0.329. The third-order valence-corrected chi connectivity index (χ3v) is 2.23. The largest absolute Gasteiger partial charge is 0.376 e. The summed E-state index contributed by atoms with van der Waals surface area (Å²) in [6.45, 7) is 5.49. The summed E-state index contributed by atoms with van der Waals surface area (Å²) in [4.78, 5) is 11.3. The number of ether oxygens (including phenoxy) is 2. The van der Waals surface area contributed by atoms with E-state index >= 15 is 0 Å². The summed E-state index contributed by atoms with van der Waals surface area (Å²) in [7, 11) is 0. The highest BCUT2D eigenvalue weighted by Gasteiger charge is 2.21. The van der Waals surface area contributed by atoms with Gasteiger partial charge in [0.1, 0.15) is 12.7 Å². The van der Waals surface area contributed by atoms with E-state index < -0.39 is 0 Å². The maximum absolute atomic E-state index is 11.3. The van der Waals surface area contributed by atoms with Gasteiger partial charge in [-0.15, -0.1) is 0 Å². The third-order valence-electron chi connectivity index (χ3n) is 2.23. The molecular weight excluding hydrogens is 156 g/mol. The lowest BCUT2D eigenvalue weighted by Gasteiger charge is -2.26. The summed E-state index contributed by atoms with van der Waals surface area (Å²) in [6, 6.07) is 0. The van der Waals surface area contributed by atoms with E-state index in [-0.39, 0.29) is 24.4 Å². The van der Waals surface area contributed by atoms with Crippen LogP contribution in [0.4, 0.5) is 0 Å². The van der Waals surface area contributed by atoms with E-state index in [0.717, 1.165) is 6.42 Å². The molecular formula is C9H16O3. The van der Waals surface area contributed by atoms with Gasteiger partial charge < -0.3 is 9.47 Å². The van der Waals surface area contributed by atoms with E-state index in [1.165, 1.54) is 0 Å². The SMILES string of the molecule is CCC(C)C(=O)COC1COC1. The van der Waals surface area contributed by atoms with Crippen LogP contribution in [0, 0.1) is 5.92 Å². The van der Waals surface area contributed by atoms with Gasteiger partial charge in [0.25, 0.3) is 0 Å². The topological polar surface area (TPSA) is 35.5 Å². The molecule has 0 bridgehead atoms. The zero-order chi connectivity index (χ0) is 8.97. The van der Waals surface area contributed by atoms with Crippen LogP contribution in [0.5, 0.6) is 0 Å². The minimum Gasteiger partial charge on any atom is -0.376 e. The summed E-state index contributed by atoms with van der Waals surface area (Å²) in [6.07, 6.45) is 1.06. The van der Waals surface area contributed by atoms with E-state index in [1.807, 2.05) is 13.8 Å². The van der Waals surface area contributed by atoms with Gasteiger partial charge in [-0.2, -0.15) is 0 Å². The summed E-state index contributed by atoms with van der Waals surface area (Å²) < 4.78 is 10.2. The van der Waals surface area contributed by atoms with E-state index in [0.29, 0.717) is 13.2 Å². The number of carbonyl (C=O) groups excluding carboxylic acids is 1. The molecule has 1 heterocycles. The molecule has 1 fully saturated rings. The molecule has 3 nitrogen and oxygen atoms in total. The molecule has 0 radical (unpaired) electrons. The predicted molar refractivity (Wildman–Crippen MR) is 45.0 cm³/mol. The molecule has 0 amide bonds. The van der Waals surface area contributed by atoms with Crippen LogP contribution in [0.3, 0.4) is 0 Å². The van der Waals surface area contributed by atoms with E-state index in [4.69, 9.17) is 9.47 Å². The van der Waals surface area contributed by atoms with Crippen LogP contribution >= 0.6 is 0 Å². The van der Waals surface area contributed by atoms with Gasteiger partial charge in [0.05, 0.1) is 13.2 Å². The smallest absolute Gasteiger partial charge is 0.161 e. The Kier molecular flexibility index (Phi) is 3.69. The second-order valence-electron chi connectivity index (χ2n) is 3.25. The lowest BCUT2D eigenvalue weighted by atomic mass is 10.0. The molecule has 1 rings (SSSR count). The molecule has 0 N–H and O–H groups in total. The fraction of sp³-hybridized carbons (Fsp3) is 0.889. The first-order valence-electron chi connectivity index (χ1n) is 4.46. The predicted octanol–water partition coefficient (Wildman–Crippen LogP) is 1.02. The van der Waals surface area contributed by atoms with Crippen molar-refractivity contribution in [2.45, 2.75) is 26.4 Å². The van der Waals surface area contributed by atoms with Gasteiger partial charge in [0.15, 0.2) is 5.78 Å². The average molecular weight is 172 g/mol. The molecule has 3 heteroatoms. The lowest BCUT2D eigenvalue weighted by molar-refractivity contribution is -0.149. The van der Waals surface area contributed by atoms with Crippen LogP contribution in [0.25, 0.3) is 0 Å². The molecule has 1 aliphatic heterocycles. The summed E-state index contributed by atoms with van der Waals surface area (Å²) >= 11 is 0. The molecule has 1 saturated heterocycles. The van der Waals surface area contributed by atoms with Crippen molar-refractivity contribution in [3.63, 3.8) is 0 Å². The van der Waals surface area contributed by atoms with Crippen LogP contribution in [-0.2, 0) is 14.3 Å². The van der Waals surface area contributed by atoms with Crippen molar-refractivity contribution in [2.24, 2.45) is 5.92 Å². The third kappa shape index (κ3) is 2.57. The van der Waals surface area contributed by atoms with Gasteiger partial charge in [-0.05, 0) is 6.42 Å². The first kappa shape index (κ1) is 9.68. The second kappa shape index (κ2) is 4.58. The molecule has 0 aromatic carbocycles. The van der Waals surface area contributed by atoms with Gasteiger partial charge in [-0.3, -0.25) is 4.79 Å². The summed E-state index contributed by atoms with van der Waals surface area (Å²) in [5, 5.41) is 0. The van der Waals surface area contributed by atoms with Crippen molar-refractivity contribution in [1.29, 1.82) is 0 Å². The van der Waals surface area contributed by atoms with Crippen LogP contribution in [0.1, 0.15) is 20.3 Å². The average Bonchev–Trinajstić information content (AvgIpc) is 2.00. The first-order valence-corrected chi connectivity index (χ1v) is 4.46. The van der Waals surface area contributed by atoms with Gasteiger partial charge in [0.2, 0.25) is 0 Å². The number of Topliss-reactive ketones (excluding diaryl/α,β-unsaturated/α-hetero) is 1.